The van der Waals surface area contributed by atoms with Gasteiger partial charge in [0, 0.05) is 15.5 Å². The van der Waals surface area contributed by atoms with E-state index in [1.807, 2.05) is 0 Å². The average molecular weight is 257 g/mol. The number of rotatable bonds is 0. The Kier molecular flexibility index (Phi) is 1.85. The number of hydrogen-bond acceptors (Lipinski definition) is 0. The monoisotopic (exact) mass is 257 g/mol. The molecule has 0 aliphatic heterocycles. The van der Waals surface area contributed by atoms with E-state index in [1.54, 1.807) is 0 Å². The van der Waals surface area contributed by atoms with Crippen molar-refractivity contribution < 1.29 is 0 Å². The van der Waals surface area contributed by atoms with Gasteiger partial charge in [-0.1, -0.05) is 18.2 Å². The molecule has 1 aliphatic rings. The second-order valence-corrected chi connectivity index (χ2v) is 3.68. The highest BCUT2D eigenvalue weighted by Crippen LogP contribution is 2.20. The van der Waals surface area contributed by atoms with Gasteiger partial charge in [0.05, 0.1) is 0 Å². The van der Waals surface area contributed by atoms with Crippen LogP contribution in [0.3, 0.4) is 0 Å². The quantitative estimate of drug-likeness (QED) is 0.688. The maximum absolute atomic E-state index is 3.23. The Morgan fingerprint density at radius 1 is 1.36 bits per heavy atom. The maximum Gasteiger partial charge on any atom is 0.0426 e. The van der Waals surface area contributed by atoms with Gasteiger partial charge in [0.25, 0.3) is 0 Å². The Morgan fingerprint density at radius 2 is 2.27 bits per heavy atom. The molecule has 2 heteroatoms. The second-order valence-electron chi connectivity index (χ2n) is 2.52. The first-order valence-corrected chi connectivity index (χ1v) is 4.65. The van der Waals surface area contributed by atoms with Crippen molar-refractivity contribution in [3.8, 4) is 0 Å². The molecule has 0 aromatic carbocycles. The normalized spacial score (nSPS) is 14.6. The number of hydrogen-bond donors (Lipinski definition) is 1. The summed E-state index contributed by atoms with van der Waals surface area (Å²) in [6.07, 6.45) is 11.5. The van der Waals surface area contributed by atoms with Crippen molar-refractivity contribution in [2.24, 2.45) is 0 Å². The summed E-state index contributed by atoms with van der Waals surface area (Å²) in [5, 5.41) is 0. The van der Waals surface area contributed by atoms with Crippen LogP contribution < -0.4 is 0 Å². The largest absolute Gasteiger partial charge is 0.360 e. The molecule has 11 heavy (non-hydrogen) atoms. The van der Waals surface area contributed by atoms with Gasteiger partial charge in [-0.25, -0.2) is 0 Å². The van der Waals surface area contributed by atoms with Crippen LogP contribution in [0.2, 0.25) is 0 Å². The second kappa shape index (κ2) is 2.85. The molecule has 2 rings (SSSR count). The van der Waals surface area contributed by atoms with E-state index in [1.165, 1.54) is 14.8 Å². The van der Waals surface area contributed by atoms with Gasteiger partial charge in [0.1, 0.15) is 0 Å². The van der Waals surface area contributed by atoms with Gasteiger partial charge in [-0.05, 0) is 40.7 Å². The van der Waals surface area contributed by atoms with Gasteiger partial charge in [0.2, 0.25) is 0 Å². The predicted molar refractivity (Wildman–Crippen MR) is 55.4 cm³/mol. The number of allylic oxidation sites excluding steroid dienone is 3. The fraction of sp³-hybridized carbons (Fsp3) is 0.111. The molecule has 0 amide bonds. The smallest absolute Gasteiger partial charge is 0.0426 e. The molecule has 0 fully saturated rings. The van der Waals surface area contributed by atoms with Crippen LogP contribution in [-0.4, -0.2) is 4.98 Å². The number of halogens is 1. The van der Waals surface area contributed by atoms with Crippen LogP contribution in [0, 0.1) is 3.57 Å². The lowest BCUT2D eigenvalue weighted by Gasteiger charge is -1.93. The number of aromatic nitrogens is 1. The predicted octanol–water partition coefficient (Wildman–Crippen LogP) is 2.74. The fourth-order valence-corrected chi connectivity index (χ4v) is 1.88. The molecule has 0 unspecified atom stereocenters. The van der Waals surface area contributed by atoms with E-state index >= 15 is 0 Å². The zero-order chi connectivity index (χ0) is 7.68. The molecular formula is C9H8IN. The standard InChI is InChI=1S/C9H8IN/c10-8-6-11-9-5-3-1-2-4-7(8)9/h1-3,5-6,11H,4H2. The summed E-state index contributed by atoms with van der Waals surface area (Å²) in [7, 11) is 0. The number of H-pyrrole nitrogens is 1. The molecule has 56 valence electrons. The SMILES string of the molecule is Ic1c[nH]c2c1CC=CC=C2. The summed E-state index contributed by atoms with van der Waals surface area (Å²) < 4.78 is 1.33. The lowest BCUT2D eigenvalue weighted by atomic mass is 10.2. The molecule has 1 aliphatic carbocycles. The topological polar surface area (TPSA) is 15.8 Å². The van der Waals surface area contributed by atoms with E-state index in [4.69, 9.17) is 0 Å². The van der Waals surface area contributed by atoms with E-state index in [0.717, 1.165) is 6.42 Å². The van der Waals surface area contributed by atoms with Gasteiger partial charge in [-0.3, -0.25) is 0 Å². The zero-order valence-electron chi connectivity index (χ0n) is 5.97. The van der Waals surface area contributed by atoms with Crippen LogP contribution in [-0.2, 0) is 6.42 Å². The van der Waals surface area contributed by atoms with Crippen molar-refractivity contribution >= 4 is 28.7 Å². The third kappa shape index (κ3) is 1.27. The van der Waals surface area contributed by atoms with Crippen molar-refractivity contribution in [1.82, 2.24) is 4.98 Å². The highest BCUT2D eigenvalue weighted by Gasteiger charge is 2.05. The molecule has 0 bridgehead atoms. The summed E-state index contributed by atoms with van der Waals surface area (Å²) in [6.45, 7) is 0. The minimum Gasteiger partial charge on any atom is -0.360 e. The fourth-order valence-electron chi connectivity index (χ4n) is 1.22. The van der Waals surface area contributed by atoms with Crippen molar-refractivity contribution in [3.63, 3.8) is 0 Å². The van der Waals surface area contributed by atoms with Crippen molar-refractivity contribution in [2.45, 2.75) is 6.42 Å². The lowest BCUT2D eigenvalue weighted by Crippen LogP contribution is -1.82. The van der Waals surface area contributed by atoms with Gasteiger partial charge < -0.3 is 4.98 Å². The number of aromatic amines is 1. The maximum atomic E-state index is 3.23. The molecule has 1 N–H and O–H groups in total. The van der Waals surface area contributed by atoms with Gasteiger partial charge >= 0.3 is 0 Å². The Morgan fingerprint density at radius 3 is 3.18 bits per heavy atom. The molecular weight excluding hydrogens is 249 g/mol. The summed E-state index contributed by atoms with van der Waals surface area (Å²) in [4.78, 5) is 3.23. The molecule has 0 saturated heterocycles. The van der Waals surface area contributed by atoms with Crippen LogP contribution in [0.15, 0.2) is 24.4 Å². The zero-order valence-corrected chi connectivity index (χ0v) is 8.13. The van der Waals surface area contributed by atoms with Crippen LogP contribution in [0.1, 0.15) is 11.3 Å². The van der Waals surface area contributed by atoms with E-state index in [-0.39, 0.29) is 0 Å². The van der Waals surface area contributed by atoms with Crippen LogP contribution in [0.5, 0.6) is 0 Å². The van der Waals surface area contributed by atoms with Crippen molar-refractivity contribution in [1.29, 1.82) is 0 Å². The van der Waals surface area contributed by atoms with E-state index in [2.05, 4.69) is 58.1 Å². The van der Waals surface area contributed by atoms with Gasteiger partial charge in [-0.15, -0.1) is 0 Å². The first-order chi connectivity index (χ1) is 5.38. The summed E-state index contributed by atoms with van der Waals surface area (Å²) in [6, 6.07) is 0. The average Bonchev–Trinajstić information content (AvgIpc) is 2.25. The van der Waals surface area contributed by atoms with Gasteiger partial charge in [0.15, 0.2) is 0 Å². The molecule has 1 nitrogen and oxygen atoms in total. The van der Waals surface area contributed by atoms with Crippen LogP contribution in [0.25, 0.3) is 6.08 Å². The van der Waals surface area contributed by atoms with Crippen LogP contribution >= 0.6 is 22.6 Å². The van der Waals surface area contributed by atoms with E-state index in [9.17, 15) is 0 Å². The Hall–Kier alpha value is -0.510. The van der Waals surface area contributed by atoms with Crippen LogP contribution in [0.4, 0.5) is 0 Å². The Balaban J connectivity index is 2.55. The lowest BCUT2D eigenvalue weighted by molar-refractivity contribution is 1.25. The molecule has 1 aromatic heterocycles. The minimum atomic E-state index is 1.05. The molecule has 0 radical (unpaired) electrons. The third-order valence-corrected chi connectivity index (χ3v) is 2.76. The molecule has 1 aromatic rings. The van der Waals surface area contributed by atoms with E-state index < -0.39 is 0 Å². The first kappa shape index (κ1) is 7.16. The van der Waals surface area contributed by atoms with E-state index in [0.29, 0.717) is 0 Å². The highest BCUT2D eigenvalue weighted by molar-refractivity contribution is 14.1. The Bertz CT molecular complexity index is 320. The minimum absolute atomic E-state index is 1.05. The Labute approximate surface area is 79.3 Å². The number of fused-ring (bicyclic) bond motifs is 1. The third-order valence-electron chi connectivity index (χ3n) is 1.80. The molecule has 0 saturated carbocycles. The highest BCUT2D eigenvalue weighted by atomic mass is 127. The summed E-state index contributed by atoms with van der Waals surface area (Å²) in [5.41, 5.74) is 2.66. The number of nitrogens with one attached hydrogen (secondary N) is 1. The van der Waals surface area contributed by atoms with Gasteiger partial charge in [-0.2, -0.15) is 0 Å². The summed E-state index contributed by atoms with van der Waals surface area (Å²) in [5.74, 6) is 0. The van der Waals surface area contributed by atoms with Crippen molar-refractivity contribution in [3.05, 3.63) is 39.3 Å². The first-order valence-electron chi connectivity index (χ1n) is 3.57. The summed E-state index contributed by atoms with van der Waals surface area (Å²) >= 11 is 2.36. The molecule has 0 atom stereocenters. The molecule has 1 heterocycles. The van der Waals surface area contributed by atoms with Crippen molar-refractivity contribution in [2.75, 3.05) is 0 Å². The molecule has 0 spiro atoms.